The normalized spacial score (nSPS) is 20.2. The second kappa shape index (κ2) is 34.4. The molecule has 6 aliphatic heterocycles. The molecule has 584 valence electrons. The number of aromatic amines is 3. The van der Waals surface area contributed by atoms with Gasteiger partial charge in [-0.2, -0.15) is 0 Å². The third-order valence-corrected chi connectivity index (χ3v) is 20.5. The van der Waals surface area contributed by atoms with Crippen molar-refractivity contribution in [3.8, 4) is 17.2 Å². The van der Waals surface area contributed by atoms with Crippen LogP contribution in [-0.4, -0.2) is 218 Å². The molecule has 0 spiro atoms. The van der Waals surface area contributed by atoms with E-state index in [-0.39, 0.29) is 107 Å². The minimum atomic E-state index is -1.54. The van der Waals surface area contributed by atoms with Gasteiger partial charge in [-0.05, 0) is 89.5 Å². The number of aromatic nitrogens is 9. The van der Waals surface area contributed by atoms with Crippen molar-refractivity contribution in [3.63, 3.8) is 0 Å². The summed E-state index contributed by atoms with van der Waals surface area (Å²) < 4.78 is 51.5. The molecule has 12 atom stereocenters. The van der Waals surface area contributed by atoms with Crippen molar-refractivity contribution < 1.29 is 85.3 Å². The number of H-pyrrole nitrogens is 3. The number of para-hydroxylation sites is 1. The number of carbonyl (C=O) groups excluding carboxylic acids is 12. The third-order valence-electron chi connectivity index (χ3n) is 20.5. The van der Waals surface area contributed by atoms with E-state index in [1.165, 1.54) is 40.2 Å². The minimum absolute atomic E-state index is 0.00213. The van der Waals surface area contributed by atoms with Crippen LogP contribution in [-0.2, 0) is 114 Å². The van der Waals surface area contributed by atoms with Crippen molar-refractivity contribution in [1.82, 2.24) is 94.1 Å². The summed E-state index contributed by atoms with van der Waals surface area (Å²) in [5.41, 5.74) is 4.90. The molecular formula is C71H85F2N21O16. The first-order valence-electron chi connectivity index (χ1n) is 36.2. The maximum atomic E-state index is 15.4. The van der Waals surface area contributed by atoms with Gasteiger partial charge in [0.25, 0.3) is 23.6 Å². The van der Waals surface area contributed by atoms with Gasteiger partial charge in [0.2, 0.25) is 47.3 Å². The zero-order valence-electron chi connectivity index (χ0n) is 60.7. The highest BCUT2D eigenvalue weighted by molar-refractivity contribution is 6.11. The first-order valence-corrected chi connectivity index (χ1v) is 36.2. The van der Waals surface area contributed by atoms with E-state index >= 15 is 4.79 Å². The van der Waals surface area contributed by atoms with Crippen LogP contribution in [0.1, 0.15) is 98.8 Å². The van der Waals surface area contributed by atoms with E-state index in [1.807, 2.05) is 6.92 Å². The van der Waals surface area contributed by atoms with Crippen LogP contribution in [0.15, 0.2) is 61.1 Å². The Balaban J connectivity index is 0.760. The van der Waals surface area contributed by atoms with E-state index in [1.54, 1.807) is 63.2 Å². The molecule has 0 radical (unpaired) electrons. The first kappa shape index (κ1) is 77.6. The number of ether oxygens (including phenoxy) is 4. The van der Waals surface area contributed by atoms with Crippen molar-refractivity contribution in [1.29, 1.82) is 0 Å². The summed E-state index contributed by atoms with van der Waals surface area (Å²) >= 11 is 0. The summed E-state index contributed by atoms with van der Waals surface area (Å²) in [7, 11) is 0. The largest absolute Gasteiger partial charge is 0.489 e. The standard InChI is InChI=1S/C71H85F2N21O16/c1-6-34(2)57(80-37(5)95)66(101)81-48-32-110-54-19-38(18-41-21-50(93(61(41)54)70(48)105)64(99)75-25-43-28-78-90-87-43)12-10-35(3)58(84-55(96)23-73)67(102)83-47-31-109-53-15-14-39(45-22-51(94(62(45)53)71(47)106)65(100)76-26-44-29-79-91-88-44)13-11-36(4)59(85-56(97)33-107-17-16-72)68(103)82-46-30-108-52-9-7-8-40-20-49(92(60(40)52)69(46)104)63(98)74-24-42-27-77-89-86-42/h7-9,14-15,18-19,27-29,34-36,46-51,57-59H,6,10-13,16-17,20-26,30-33H2,1-5H3,(H,74,98)(H,75,99)(H,76,100)(H,80,95)(H,81,101)(H,82,103)(H,83,102)(H,84,96)(H,85,97)(H,77,86,89)(H,78,87,90)(H,79,88,91)/t34-,35-,36-,46-,47-,48-,49-,50-,51-,57-,58-,59-/m0/s1. The van der Waals surface area contributed by atoms with Crippen molar-refractivity contribution in [2.75, 3.05) is 61.1 Å². The Hall–Kier alpha value is -12.1. The fourth-order valence-corrected chi connectivity index (χ4v) is 14.6. The Bertz CT molecular complexity index is 4460. The van der Waals surface area contributed by atoms with Crippen LogP contribution >= 0.6 is 0 Å². The number of aryl methyl sites for hydroxylation is 2. The van der Waals surface area contributed by atoms with Gasteiger partial charge in [-0.3, -0.25) is 87.5 Å². The van der Waals surface area contributed by atoms with Crippen LogP contribution < -0.4 is 76.8 Å². The zero-order chi connectivity index (χ0) is 78.0. The van der Waals surface area contributed by atoms with Gasteiger partial charge in [-0.25, -0.2) is 8.78 Å². The number of hydrogen-bond acceptors (Lipinski definition) is 22. The van der Waals surface area contributed by atoms with Crippen LogP contribution in [0.2, 0.25) is 0 Å². The molecule has 0 unspecified atom stereocenters. The smallest absolute Gasteiger partial charge is 0.253 e. The van der Waals surface area contributed by atoms with E-state index in [0.29, 0.717) is 62.8 Å². The van der Waals surface area contributed by atoms with Crippen molar-refractivity contribution in [2.24, 2.45) is 17.8 Å². The number of anilines is 3. The van der Waals surface area contributed by atoms with Gasteiger partial charge in [0.1, 0.15) is 122 Å². The molecule has 6 aliphatic rings. The Kier molecular flexibility index (Phi) is 24.3. The van der Waals surface area contributed by atoms with Crippen LogP contribution in [0.4, 0.5) is 25.8 Å². The van der Waals surface area contributed by atoms with E-state index in [0.717, 1.165) is 0 Å². The molecule has 0 aliphatic carbocycles. The zero-order valence-corrected chi connectivity index (χ0v) is 60.7. The van der Waals surface area contributed by atoms with E-state index in [9.17, 15) is 61.5 Å². The number of benzene rings is 3. The third kappa shape index (κ3) is 17.1. The molecule has 12 N–H and O–H groups in total. The van der Waals surface area contributed by atoms with Gasteiger partial charge in [0.15, 0.2) is 6.67 Å². The molecule has 0 bridgehead atoms. The average molecular weight is 1530 g/mol. The number of nitrogens with zero attached hydrogens (tertiary/aromatic N) is 9. The maximum absolute atomic E-state index is 15.4. The Morgan fingerprint density at radius 2 is 1.02 bits per heavy atom. The van der Waals surface area contributed by atoms with Crippen LogP contribution in [0.3, 0.4) is 0 Å². The molecule has 3 aromatic heterocycles. The van der Waals surface area contributed by atoms with Crippen LogP contribution in [0, 0.1) is 17.8 Å². The SMILES string of the molecule is CC[C@H](C)[C@H](NC(C)=O)C(=O)N[C@H]1COc2cc(CC[C@H](C)[C@H](NC(=O)CF)C(=O)N[C@H]3COc4ccc(CC[C@H](C)[C@H](NC(=O)COCCF)C(=O)N[C@H]5COc6cccc7c6N(C5=O)[C@H](C(=O)NCc5c[nH]nn5)C7)c5c4N(C3=O)[C@H](C(=O)NCc3c[nH]nn3)C5)cc3c2N(C1=O)[C@H](C(=O)NCc1c[nH]nn1)C3. The van der Waals surface area contributed by atoms with Gasteiger partial charge in [-0.15, -0.1) is 15.3 Å². The topological polar surface area (TPSA) is 484 Å². The van der Waals surface area contributed by atoms with E-state index < -0.39 is 170 Å². The lowest BCUT2D eigenvalue weighted by Gasteiger charge is -2.29. The molecule has 6 aromatic rings. The molecule has 3 aromatic carbocycles. The van der Waals surface area contributed by atoms with Gasteiger partial charge in [-0.1, -0.05) is 74.0 Å². The Morgan fingerprint density at radius 3 is 1.51 bits per heavy atom. The quantitative estimate of drug-likeness (QED) is 0.0207. The highest BCUT2D eigenvalue weighted by Gasteiger charge is 2.50. The van der Waals surface area contributed by atoms with Gasteiger partial charge in [0.05, 0.1) is 43.3 Å². The number of alkyl halides is 2. The summed E-state index contributed by atoms with van der Waals surface area (Å²) in [5, 5.41) is 55.1. The molecule has 12 amide bonds. The lowest BCUT2D eigenvalue weighted by molar-refractivity contribution is -0.134. The minimum Gasteiger partial charge on any atom is -0.489 e. The second-order valence-corrected chi connectivity index (χ2v) is 27.9. The summed E-state index contributed by atoms with van der Waals surface area (Å²) in [5.74, 6) is -9.84. The maximum Gasteiger partial charge on any atom is 0.253 e. The van der Waals surface area contributed by atoms with Gasteiger partial charge >= 0.3 is 0 Å². The summed E-state index contributed by atoms with van der Waals surface area (Å²) in [6, 6.07) is 0.248. The molecule has 0 saturated heterocycles. The number of amides is 12. The van der Waals surface area contributed by atoms with Crippen molar-refractivity contribution in [2.45, 2.75) is 160 Å². The highest BCUT2D eigenvalue weighted by Crippen LogP contribution is 2.47. The van der Waals surface area contributed by atoms with E-state index in [4.69, 9.17) is 18.9 Å². The summed E-state index contributed by atoms with van der Waals surface area (Å²) in [6.45, 7) is 3.39. The van der Waals surface area contributed by atoms with Crippen molar-refractivity contribution >= 4 is 87.9 Å². The lowest BCUT2D eigenvalue weighted by atomic mass is 9.90. The van der Waals surface area contributed by atoms with Crippen LogP contribution in [0.25, 0.3) is 0 Å². The molecule has 12 rings (SSSR count). The summed E-state index contributed by atoms with van der Waals surface area (Å²) in [4.78, 5) is 174. The van der Waals surface area contributed by atoms with Crippen LogP contribution in [0.5, 0.6) is 17.2 Å². The number of nitrogens with one attached hydrogen (secondary N) is 12. The summed E-state index contributed by atoms with van der Waals surface area (Å²) in [6.07, 6.45) is 5.52. The van der Waals surface area contributed by atoms with Gasteiger partial charge in [0, 0.05) is 44.8 Å². The lowest BCUT2D eigenvalue weighted by Crippen LogP contribution is -2.59. The predicted molar refractivity (Wildman–Crippen MR) is 380 cm³/mol. The monoisotopic (exact) mass is 1530 g/mol. The predicted octanol–water partition coefficient (Wildman–Crippen LogP) is -1.59. The highest BCUT2D eigenvalue weighted by atomic mass is 19.1. The Morgan fingerprint density at radius 1 is 0.555 bits per heavy atom. The average Bonchev–Trinajstić information content (AvgIpc) is 1.57. The fraction of sp³-hybridized carbons (Fsp3) is 0.493. The fourth-order valence-electron chi connectivity index (χ4n) is 14.6. The number of carbonyl (C=O) groups is 12. The van der Waals surface area contributed by atoms with E-state index in [2.05, 4.69) is 94.1 Å². The number of rotatable bonds is 33. The van der Waals surface area contributed by atoms with Gasteiger partial charge < -0.3 is 66.8 Å². The van der Waals surface area contributed by atoms with Crippen molar-refractivity contribution in [3.05, 3.63) is 106 Å². The second-order valence-electron chi connectivity index (χ2n) is 27.9. The number of hydrogen-bond donors (Lipinski definition) is 12. The molecular weight excluding hydrogens is 1440 g/mol. The molecule has 39 heteroatoms. The first-order chi connectivity index (χ1) is 53.0. The molecule has 9 heterocycles. The molecule has 37 nitrogen and oxygen atoms in total. The number of halogens is 2. The molecule has 110 heavy (non-hydrogen) atoms. The molecule has 0 saturated carbocycles. The Labute approximate surface area is 627 Å². The molecule has 0 fully saturated rings.